The van der Waals surface area contributed by atoms with Crippen molar-refractivity contribution < 1.29 is 4.21 Å². The smallest absolute Gasteiger partial charge is 0.101 e. The van der Waals surface area contributed by atoms with Crippen molar-refractivity contribution in [2.24, 2.45) is 0 Å². The van der Waals surface area contributed by atoms with E-state index in [0.717, 1.165) is 0 Å². The van der Waals surface area contributed by atoms with Crippen LogP contribution >= 0.6 is 0 Å². The number of rotatable bonds is 4. The molecule has 1 aromatic carbocycles. The molecular formula is C16H21NOS. The topological polar surface area (TPSA) is 20.1 Å². The first-order valence-electron chi connectivity index (χ1n) is 6.51. The lowest BCUT2D eigenvalue weighted by Crippen LogP contribution is -2.28. The second-order valence-electron chi connectivity index (χ2n) is 5.71. The molecule has 1 saturated heterocycles. The highest BCUT2D eigenvalue weighted by Gasteiger charge is 2.50. The van der Waals surface area contributed by atoms with Gasteiger partial charge in [-0.05, 0) is 26.3 Å². The van der Waals surface area contributed by atoms with E-state index in [-0.39, 0.29) is 16.8 Å². The van der Waals surface area contributed by atoms with Gasteiger partial charge in [0.1, 0.15) is 11.0 Å². The van der Waals surface area contributed by atoms with Gasteiger partial charge in [-0.15, -0.1) is 6.58 Å². The maximum Gasteiger partial charge on any atom is 0.101 e. The number of benzene rings is 1. The highest BCUT2D eigenvalue weighted by Crippen LogP contribution is 2.36. The van der Waals surface area contributed by atoms with Crippen LogP contribution in [0.4, 0.5) is 0 Å². The lowest BCUT2D eigenvalue weighted by atomic mass is 10.2. The van der Waals surface area contributed by atoms with Crippen LogP contribution in [0.15, 0.2) is 49.1 Å². The average molecular weight is 275 g/mol. The van der Waals surface area contributed by atoms with Crippen LogP contribution in [0.1, 0.15) is 26.3 Å². The van der Waals surface area contributed by atoms with Crippen molar-refractivity contribution in [2.75, 3.05) is 0 Å². The molecule has 0 amide bonds. The molecule has 3 heteroatoms. The van der Waals surface area contributed by atoms with E-state index in [1.165, 1.54) is 5.56 Å². The highest BCUT2D eigenvalue weighted by atomic mass is 32.2. The first-order valence-corrected chi connectivity index (χ1v) is 7.62. The van der Waals surface area contributed by atoms with E-state index < -0.39 is 11.0 Å². The number of hydrogen-bond donors (Lipinski definition) is 0. The second kappa shape index (κ2) is 5.43. The van der Waals surface area contributed by atoms with E-state index in [2.05, 4.69) is 30.9 Å². The van der Waals surface area contributed by atoms with Crippen LogP contribution in [0, 0.1) is 0 Å². The molecule has 19 heavy (non-hydrogen) atoms. The fourth-order valence-electron chi connectivity index (χ4n) is 2.00. The van der Waals surface area contributed by atoms with Crippen molar-refractivity contribution in [3.05, 3.63) is 54.6 Å². The van der Waals surface area contributed by atoms with Crippen molar-refractivity contribution in [3.63, 3.8) is 0 Å². The van der Waals surface area contributed by atoms with Gasteiger partial charge < -0.3 is 0 Å². The normalized spacial score (nSPS) is 28.3. The summed E-state index contributed by atoms with van der Waals surface area (Å²) in [7, 11) is -0.985. The van der Waals surface area contributed by atoms with Crippen LogP contribution in [-0.2, 0) is 11.0 Å². The molecule has 1 aromatic rings. The van der Waals surface area contributed by atoms with E-state index in [1.54, 1.807) is 0 Å². The van der Waals surface area contributed by atoms with Gasteiger partial charge in [-0.3, -0.25) is 0 Å². The Labute approximate surface area is 118 Å². The quantitative estimate of drug-likeness (QED) is 0.609. The molecule has 0 saturated carbocycles. The molecule has 2 nitrogen and oxygen atoms in total. The van der Waals surface area contributed by atoms with E-state index in [4.69, 9.17) is 0 Å². The second-order valence-corrected chi connectivity index (χ2v) is 7.85. The van der Waals surface area contributed by atoms with Gasteiger partial charge in [-0.25, -0.2) is 8.51 Å². The molecule has 1 heterocycles. The first-order chi connectivity index (χ1) is 8.95. The third-order valence-corrected chi connectivity index (χ3v) is 5.01. The zero-order valence-corrected chi connectivity index (χ0v) is 12.6. The summed E-state index contributed by atoms with van der Waals surface area (Å²) in [5, 5.41) is 0. The standard InChI is InChI=1S/C16H21NOS/c1-5-14-15(17(14)19(18)16(2,3)4)12-11-13-9-7-6-8-10-13/h5-12,14-15H,1H2,2-4H3/b12-11+/t14-,15-,17?,19-/m1/s1. The van der Waals surface area contributed by atoms with Crippen LogP contribution in [-0.4, -0.2) is 25.3 Å². The maximum atomic E-state index is 12.4. The third kappa shape index (κ3) is 3.23. The first kappa shape index (κ1) is 14.2. The summed E-state index contributed by atoms with van der Waals surface area (Å²) in [5.41, 5.74) is 1.17. The van der Waals surface area contributed by atoms with Gasteiger partial charge >= 0.3 is 0 Å². The molecule has 102 valence electrons. The van der Waals surface area contributed by atoms with Gasteiger partial charge in [0, 0.05) is 0 Å². The van der Waals surface area contributed by atoms with Gasteiger partial charge in [-0.2, -0.15) is 0 Å². The lowest BCUT2D eigenvalue weighted by molar-refractivity contribution is 0.608. The van der Waals surface area contributed by atoms with E-state index >= 15 is 0 Å². The predicted molar refractivity (Wildman–Crippen MR) is 83.0 cm³/mol. The van der Waals surface area contributed by atoms with Gasteiger partial charge in [-0.1, -0.05) is 48.6 Å². The van der Waals surface area contributed by atoms with Crippen molar-refractivity contribution in [3.8, 4) is 0 Å². The summed E-state index contributed by atoms with van der Waals surface area (Å²) in [5.74, 6) is 0. The summed E-state index contributed by atoms with van der Waals surface area (Å²) >= 11 is 0. The molecule has 0 aliphatic carbocycles. The SMILES string of the molecule is C=C[C@@H]1[C@@H](/C=C/c2ccccc2)N1[S@](=O)C(C)(C)C. The van der Waals surface area contributed by atoms with Gasteiger partial charge in [0.25, 0.3) is 0 Å². The van der Waals surface area contributed by atoms with Crippen molar-refractivity contribution in [1.82, 2.24) is 4.31 Å². The Kier molecular flexibility index (Phi) is 4.07. The summed E-state index contributed by atoms with van der Waals surface area (Å²) in [6, 6.07) is 10.6. The monoisotopic (exact) mass is 275 g/mol. The van der Waals surface area contributed by atoms with Crippen LogP contribution in [0.25, 0.3) is 6.08 Å². The minimum absolute atomic E-state index is 0.194. The minimum Gasteiger partial charge on any atom is -0.242 e. The van der Waals surface area contributed by atoms with Crippen LogP contribution in [0.3, 0.4) is 0 Å². The Balaban J connectivity index is 2.08. The molecule has 1 aliphatic heterocycles. The fourth-order valence-corrected chi connectivity index (χ4v) is 3.43. The Morgan fingerprint density at radius 2 is 1.84 bits per heavy atom. The van der Waals surface area contributed by atoms with Crippen molar-refractivity contribution in [2.45, 2.75) is 37.6 Å². The van der Waals surface area contributed by atoms with Crippen LogP contribution < -0.4 is 0 Å². The molecule has 1 aliphatic rings. The molecule has 0 spiro atoms. The van der Waals surface area contributed by atoms with E-state index in [0.29, 0.717) is 0 Å². The third-order valence-electron chi connectivity index (χ3n) is 3.09. The van der Waals surface area contributed by atoms with Gasteiger partial charge in [0.15, 0.2) is 0 Å². The molecule has 2 rings (SSSR count). The summed E-state index contributed by atoms with van der Waals surface area (Å²) in [6.45, 7) is 9.83. The molecule has 0 radical (unpaired) electrons. The maximum absolute atomic E-state index is 12.4. The lowest BCUT2D eigenvalue weighted by Gasteiger charge is -2.18. The van der Waals surface area contributed by atoms with Crippen molar-refractivity contribution in [1.29, 1.82) is 0 Å². The zero-order chi connectivity index (χ0) is 14.0. The largest absolute Gasteiger partial charge is 0.242 e. The van der Waals surface area contributed by atoms with Crippen molar-refractivity contribution >= 4 is 17.1 Å². The molecule has 1 fully saturated rings. The Bertz CT molecular complexity index is 501. The molecule has 0 bridgehead atoms. The summed E-state index contributed by atoms with van der Waals surface area (Å²) in [6.07, 6.45) is 6.08. The van der Waals surface area contributed by atoms with E-state index in [1.807, 2.05) is 49.4 Å². The summed E-state index contributed by atoms with van der Waals surface area (Å²) < 4.78 is 14.2. The molecule has 4 atom stereocenters. The van der Waals surface area contributed by atoms with Crippen LogP contribution in [0.2, 0.25) is 0 Å². The average Bonchev–Trinajstić information content (AvgIpc) is 3.08. The zero-order valence-electron chi connectivity index (χ0n) is 11.7. The molecule has 0 N–H and O–H groups in total. The predicted octanol–water partition coefficient (Wildman–Crippen LogP) is 3.40. The molecular weight excluding hydrogens is 254 g/mol. The highest BCUT2D eigenvalue weighted by molar-refractivity contribution is 7.84. The Morgan fingerprint density at radius 1 is 1.21 bits per heavy atom. The van der Waals surface area contributed by atoms with E-state index in [9.17, 15) is 4.21 Å². The number of nitrogens with zero attached hydrogens (tertiary/aromatic N) is 1. The van der Waals surface area contributed by atoms with Gasteiger partial charge in [0.05, 0.1) is 16.8 Å². The molecule has 1 unspecified atom stereocenters. The Hall–Kier alpha value is -1.19. The number of hydrogen-bond acceptors (Lipinski definition) is 1. The molecule has 0 aromatic heterocycles. The fraction of sp³-hybridized carbons (Fsp3) is 0.375. The minimum atomic E-state index is -0.985. The Morgan fingerprint density at radius 3 is 2.37 bits per heavy atom. The van der Waals surface area contributed by atoms with Crippen LogP contribution in [0.5, 0.6) is 0 Å². The van der Waals surface area contributed by atoms with Gasteiger partial charge in [0.2, 0.25) is 0 Å². The summed E-state index contributed by atoms with van der Waals surface area (Å²) in [4.78, 5) is 0.